The molecule has 0 aromatic heterocycles. The topological polar surface area (TPSA) is 53.6 Å². The lowest BCUT2D eigenvalue weighted by Gasteiger charge is -2.37. The number of morpholine rings is 1. The van der Waals surface area contributed by atoms with Crippen molar-refractivity contribution in [3.05, 3.63) is 24.3 Å². The van der Waals surface area contributed by atoms with E-state index >= 15 is 0 Å². The second-order valence-electron chi connectivity index (χ2n) is 6.80. The highest BCUT2D eigenvalue weighted by Gasteiger charge is 2.24. The molecule has 1 aromatic carbocycles. The third-order valence-electron chi connectivity index (χ3n) is 4.35. The van der Waals surface area contributed by atoms with Crippen LogP contribution in [0.5, 0.6) is 0 Å². The number of amides is 1. The Labute approximate surface area is 162 Å². The van der Waals surface area contributed by atoms with Crippen LogP contribution in [0, 0.1) is 5.92 Å². The molecule has 1 amide bonds. The number of nitrogens with one attached hydrogen (secondary N) is 2. The first kappa shape index (κ1) is 22.0. The molecule has 1 heterocycles. The highest BCUT2D eigenvalue weighted by atomic mass is 35.5. The molecule has 7 heteroatoms. The summed E-state index contributed by atoms with van der Waals surface area (Å²) in [5, 5.41) is 6.28. The van der Waals surface area contributed by atoms with Crippen molar-refractivity contribution in [3.63, 3.8) is 0 Å². The van der Waals surface area contributed by atoms with Crippen LogP contribution in [-0.4, -0.2) is 44.3 Å². The number of benzene rings is 1. The van der Waals surface area contributed by atoms with Crippen LogP contribution in [-0.2, 0) is 9.53 Å². The number of anilines is 2. The van der Waals surface area contributed by atoms with Gasteiger partial charge in [-0.25, -0.2) is 0 Å². The Balaban J connectivity index is 0.00000156. The minimum atomic E-state index is 0. The zero-order valence-corrected chi connectivity index (χ0v) is 16.5. The van der Waals surface area contributed by atoms with Crippen LogP contribution in [0.2, 0.25) is 0 Å². The van der Waals surface area contributed by atoms with Crippen molar-refractivity contribution < 1.29 is 9.53 Å². The zero-order chi connectivity index (χ0) is 16.2. The number of rotatable bonds is 6. The molecule has 3 rings (SSSR count). The fourth-order valence-corrected chi connectivity index (χ4v) is 3.14. The van der Waals surface area contributed by atoms with E-state index in [2.05, 4.69) is 35.4 Å². The minimum absolute atomic E-state index is 0. The molecular weight excluding hydrogens is 361 g/mol. The summed E-state index contributed by atoms with van der Waals surface area (Å²) >= 11 is 0. The Morgan fingerprint density at radius 3 is 2.44 bits per heavy atom. The van der Waals surface area contributed by atoms with E-state index in [4.69, 9.17) is 4.74 Å². The van der Waals surface area contributed by atoms with Gasteiger partial charge in [0.1, 0.15) is 0 Å². The summed E-state index contributed by atoms with van der Waals surface area (Å²) in [7, 11) is 0. The van der Waals surface area contributed by atoms with Crippen molar-refractivity contribution in [2.75, 3.05) is 36.4 Å². The van der Waals surface area contributed by atoms with Crippen LogP contribution in [0.3, 0.4) is 0 Å². The van der Waals surface area contributed by atoms with Crippen molar-refractivity contribution in [1.82, 2.24) is 5.32 Å². The summed E-state index contributed by atoms with van der Waals surface area (Å²) in [5.41, 5.74) is 1.96. The molecule has 1 aliphatic heterocycles. The van der Waals surface area contributed by atoms with Gasteiger partial charge in [0.25, 0.3) is 0 Å². The van der Waals surface area contributed by atoms with Gasteiger partial charge in [-0.05, 0) is 51.3 Å². The largest absolute Gasteiger partial charge is 0.372 e. The van der Waals surface area contributed by atoms with Crippen molar-refractivity contribution in [2.24, 2.45) is 5.92 Å². The van der Waals surface area contributed by atoms with Gasteiger partial charge in [0.05, 0.1) is 30.1 Å². The van der Waals surface area contributed by atoms with Gasteiger partial charge in [-0.15, -0.1) is 24.8 Å². The molecule has 2 atom stereocenters. The number of nitrogens with zero attached hydrogens (tertiary/aromatic N) is 1. The average molecular weight is 390 g/mol. The van der Waals surface area contributed by atoms with Crippen molar-refractivity contribution in [2.45, 2.75) is 38.9 Å². The lowest BCUT2D eigenvalue weighted by Crippen LogP contribution is -2.45. The molecule has 1 saturated heterocycles. The number of ether oxygens (including phenoxy) is 1. The lowest BCUT2D eigenvalue weighted by atomic mass is 10.1. The number of para-hydroxylation sites is 2. The lowest BCUT2D eigenvalue weighted by molar-refractivity contribution is -0.115. The maximum absolute atomic E-state index is 12.2. The quantitative estimate of drug-likeness (QED) is 0.784. The number of carbonyl (C=O) groups is 1. The second-order valence-corrected chi connectivity index (χ2v) is 6.80. The molecule has 1 aliphatic carbocycles. The van der Waals surface area contributed by atoms with Gasteiger partial charge >= 0.3 is 0 Å². The monoisotopic (exact) mass is 389 g/mol. The first-order valence-electron chi connectivity index (χ1n) is 8.62. The fraction of sp³-hybridized carbons (Fsp3) is 0.611. The number of carbonyl (C=O) groups excluding carboxylic acids is 1. The number of halogens is 2. The maximum atomic E-state index is 12.2. The van der Waals surface area contributed by atoms with Crippen molar-refractivity contribution in [1.29, 1.82) is 0 Å². The standard InChI is InChI=1S/C18H27N3O2.2ClH/c1-13-11-21(12-14(2)23-13)17-6-4-3-5-16(17)20-18(22)10-19-9-15-7-8-15;;/h3-6,13-15,19H,7-12H2,1-2H3,(H,20,22);2*1H. The summed E-state index contributed by atoms with van der Waals surface area (Å²) in [6.45, 7) is 7.19. The Bertz CT molecular complexity index is 545. The molecule has 25 heavy (non-hydrogen) atoms. The number of hydrogen-bond donors (Lipinski definition) is 2. The van der Waals surface area contributed by atoms with Gasteiger partial charge in [-0.1, -0.05) is 12.1 Å². The van der Waals surface area contributed by atoms with E-state index in [1.807, 2.05) is 18.2 Å². The second kappa shape index (κ2) is 10.2. The minimum Gasteiger partial charge on any atom is -0.372 e. The van der Waals surface area contributed by atoms with Crippen molar-refractivity contribution in [3.8, 4) is 0 Å². The molecule has 0 bridgehead atoms. The van der Waals surface area contributed by atoms with E-state index in [9.17, 15) is 4.79 Å². The van der Waals surface area contributed by atoms with Gasteiger partial charge in [0, 0.05) is 13.1 Å². The van der Waals surface area contributed by atoms with Crippen molar-refractivity contribution >= 4 is 42.1 Å². The Hall–Kier alpha value is -1.01. The van der Waals surface area contributed by atoms with Gasteiger partial charge in [-0.3, -0.25) is 4.79 Å². The van der Waals surface area contributed by atoms with E-state index in [1.54, 1.807) is 0 Å². The van der Waals surface area contributed by atoms with Gasteiger partial charge in [0.2, 0.25) is 5.91 Å². The SMILES string of the molecule is CC1CN(c2ccccc2NC(=O)CNCC2CC2)CC(C)O1.Cl.Cl. The molecule has 2 N–H and O–H groups in total. The van der Waals surface area contributed by atoms with Crippen LogP contribution < -0.4 is 15.5 Å². The normalized spacial score (nSPS) is 22.6. The predicted octanol–water partition coefficient (Wildman–Crippen LogP) is 3.08. The Morgan fingerprint density at radius 2 is 1.80 bits per heavy atom. The van der Waals surface area contributed by atoms with Crippen LogP contribution in [0.15, 0.2) is 24.3 Å². The number of hydrogen-bond acceptors (Lipinski definition) is 4. The highest BCUT2D eigenvalue weighted by Crippen LogP contribution is 2.29. The highest BCUT2D eigenvalue weighted by molar-refractivity contribution is 5.95. The Morgan fingerprint density at radius 1 is 1.16 bits per heavy atom. The van der Waals surface area contributed by atoms with E-state index in [1.165, 1.54) is 12.8 Å². The third-order valence-corrected chi connectivity index (χ3v) is 4.35. The summed E-state index contributed by atoms with van der Waals surface area (Å²) in [4.78, 5) is 14.5. The molecule has 2 aliphatic rings. The summed E-state index contributed by atoms with van der Waals surface area (Å²) in [6.07, 6.45) is 2.99. The van der Waals surface area contributed by atoms with Crippen LogP contribution in [0.25, 0.3) is 0 Å². The third kappa shape index (κ3) is 6.66. The average Bonchev–Trinajstić information content (AvgIpc) is 3.31. The summed E-state index contributed by atoms with van der Waals surface area (Å²) in [6, 6.07) is 8.02. The Kier molecular flexibility index (Phi) is 9.00. The molecule has 2 unspecified atom stereocenters. The smallest absolute Gasteiger partial charge is 0.238 e. The summed E-state index contributed by atoms with van der Waals surface area (Å²) in [5.74, 6) is 0.805. The van der Waals surface area contributed by atoms with E-state index in [0.29, 0.717) is 6.54 Å². The first-order valence-corrected chi connectivity index (χ1v) is 8.62. The fourth-order valence-electron chi connectivity index (χ4n) is 3.14. The first-order chi connectivity index (χ1) is 11.1. The van der Waals surface area contributed by atoms with Gasteiger partial charge in [0.15, 0.2) is 0 Å². The van der Waals surface area contributed by atoms with E-state index in [0.717, 1.165) is 36.9 Å². The predicted molar refractivity (Wildman–Crippen MR) is 107 cm³/mol. The van der Waals surface area contributed by atoms with Crippen LogP contribution in [0.4, 0.5) is 11.4 Å². The summed E-state index contributed by atoms with van der Waals surface area (Å²) < 4.78 is 5.80. The molecule has 0 spiro atoms. The molecule has 142 valence electrons. The molecule has 5 nitrogen and oxygen atoms in total. The van der Waals surface area contributed by atoms with Gasteiger partial charge < -0.3 is 20.3 Å². The molecular formula is C18H29Cl2N3O2. The molecule has 1 aromatic rings. The van der Waals surface area contributed by atoms with E-state index < -0.39 is 0 Å². The van der Waals surface area contributed by atoms with Crippen LogP contribution >= 0.6 is 24.8 Å². The van der Waals surface area contributed by atoms with Crippen LogP contribution in [0.1, 0.15) is 26.7 Å². The van der Waals surface area contributed by atoms with Gasteiger partial charge in [-0.2, -0.15) is 0 Å². The zero-order valence-electron chi connectivity index (χ0n) is 14.9. The maximum Gasteiger partial charge on any atom is 0.238 e. The molecule has 0 radical (unpaired) electrons. The molecule has 1 saturated carbocycles. The molecule has 2 fully saturated rings. The van der Waals surface area contributed by atoms with E-state index in [-0.39, 0.29) is 42.9 Å².